The normalized spacial score (nSPS) is 34.9. The van der Waals surface area contributed by atoms with Gasteiger partial charge in [0, 0.05) is 6.04 Å². The van der Waals surface area contributed by atoms with Crippen LogP contribution in [0, 0.1) is 29.0 Å². The number of carbonyl (C=O) groups excluding carboxylic acids is 1. The summed E-state index contributed by atoms with van der Waals surface area (Å²) in [5, 5.41) is 3.17. The maximum Gasteiger partial charge on any atom is 0.255 e. The highest BCUT2D eigenvalue weighted by Gasteiger charge is 2.53. The van der Waals surface area contributed by atoms with Crippen LogP contribution in [0.3, 0.4) is 0 Å². The first-order valence-electron chi connectivity index (χ1n) is 9.13. The number of halogens is 1. The van der Waals surface area contributed by atoms with Crippen LogP contribution in [0.15, 0.2) is 18.2 Å². The van der Waals surface area contributed by atoms with Crippen LogP contribution >= 0.6 is 0 Å². The lowest BCUT2D eigenvalue weighted by Gasteiger charge is -2.59. The van der Waals surface area contributed by atoms with Gasteiger partial charge < -0.3 is 10.1 Å². The number of hydrogen-bond acceptors (Lipinski definition) is 2. The van der Waals surface area contributed by atoms with Gasteiger partial charge in [0.05, 0.1) is 12.7 Å². The van der Waals surface area contributed by atoms with E-state index in [-0.39, 0.29) is 22.9 Å². The Morgan fingerprint density at radius 2 is 1.79 bits per heavy atom. The van der Waals surface area contributed by atoms with Crippen molar-refractivity contribution in [3.63, 3.8) is 0 Å². The number of nitrogens with one attached hydrogen (secondary N) is 1. The van der Waals surface area contributed by atoms with Crippen LogP contribution < -0.4 is 10.1 Å². The molecule has 0 spiro atoms. The molecule has 5 rings (SSSR count). The molecule has 4 fully saturated rings. The van der Waals surface area contributed by atoms with E-state index in [1.54, 1.807) is 0 Å². The highest BCUT2D eigenvalue weighted by Crippen LogP contribution is 2.61. The van der Waals surface area contributed by atoms with Gasteiger partial charge in [-0.1, -0.05) is 0 Å². The Balaban J connectivity index is 1.53. The predicted octanol–water partition coefficient (Wildman–Crippen LogP) is 4.17. The molecule has 130 valence electrons. The van der Waals surface area contributed by atoms with E-state index in [9.17, 15) is 9.18 Å². The average molecular weight is 331 g/mol. The second kappa shape index (κ2) is 5.75. The highest BCUT2D eigenvalue weighted by atomic mass is 19.1. The van der Waals surface area contributed by atoms with Crippen molar-refractivity contribution in [2.75, 3.05) is 7.11 Å². The lowest BCUT2D eigenvalue weighted by molar-refractivity contribution is -0.0688. The fourth-order valence-electron chi connectivity index (χ4n) is 5.99. The summed E-state index contributed by atoms with van der Waals surface area (Å²) in [6.45, 7) is 2.14. The van der Waals surface area contributed by atoms with Crippen LogP contribution in [0.4, 0.5) is 4.39 Å². The van der Waals surface area contributed by atoms with Crippen molar-refractivity contribution >= 4 is 5.91 Å². The number of hydrogen-bond donors (Lipinski definition) is 1. The molecule has 0 heterocycles. The molecule has 0 saturated heterocycles. The minimum Gasteiger partial charge on any atom is -0.496 e. The summed E-state index contributed by atoms with van der Waals surface area (Å²) < 4.78 is 18.8. The molecular weight excluding hydrogens is 305 g/mol. The Bertz CT molecular complexity index is 622. The summed E-state index contributed by atoms with van der Waals surface area (Å²) in [4.78, 5) is 12.7. The highest BCUT2D eigenvalue weighted by molar-refractivity contribution is 5.97. The Kier molecular flexibility index (Phi) is 3.81. The Labute approximate surface area is 143 Å². The summed E-state index contributed by atoms with van der Waals surface area (Å²) >= 11 is 0. The third kappa shape index (κ3) is 2.60. The monoisotopic (exact) mass is 331 g/mol. The van der Waals surface area contributed by atoms with E-state index in [0.29, 0.717) is 5.75 Å². The molecule has 4 bridgehead atoms. The van der Waals surface area contributed by atoms with E-state index in [1.165, 1.54) is 63.8 Å². The predicted molar refractivity (Wildman–Crippen MR) is 90.5 cm³/mol. The van der Waals surface area contributed by atoms with Gasteiger partial charge in [-0.2, -0.15) is 0 Å². The van der Waals surface area contributed by atoms with Crippen molar-refractivity contribution in [1.29, 1.82) is 0 Å². The minimum absolute atomic E-state index is 0.117. The van der Waals surface area contributed by atoms with Crippen molar-refractivity contribution < 1.29 is 13.9 Å². The van der Waals surface area contributed by atoms with E-state index in [0.717, 1.165) is 17.8 Å². The smallest absolute Gasteiger partial charge is 0.255 e. The number of methoxy groups -OCH3 is 1. The second-order valence-corrected chi connectivity index (χ2v) is 8.32. The Morgan fingerprint density at radius 3 is 2.33 bits per heavy atom. The first kappa shape index (κ1) is 15.9. The zero-order valence-electron chi connectivity index (χ0n) is 14.5. The molecule has 1 aromatic carbocycles. The van der Waals surface area contributed by atoms with E-state index in [1.807, 2.05) is 0 Å². The molecule has 1 unspecified atom stereocenters. The van der Waals surface area contributed by atoms with Crippen molar-refractivity contribution in [3.05, 3.63) is 29.6 Å². The van der Waals surface area contributed by atoms with Gasteiger partial charge in [0.25, 0.3) is 5.91 Å². The summed E-state index contributed by atoms with van der Waals surface area (Å²) in [6.07, 6.45) is 7.87. The van der Waals surface area contributed by atoms with Crippen LogP contribution in [-0.2, 0) is 0 Å². The van der Waals surface area contributed by atoms with Gasteiger partial charge >= 0.3 is 0 Å². The molecule has 4 saturated carbocycles. The van der Waals surface area contributed by atoms with Crippen LogP contribution in [0.5, 0.6) is 5.75 Å². The molecule has 4 aliphatic rings. The van der Waals surface area contributed by atoms with Gasteiger partial charge in [-0.05, 0) is 86.8 Å². The number of carbonyl (C=O) groups is 1. The number of benzene rings is 1. The molecule has 1 aromatic rings. The zero-order chi connectivity index (χ0) is 16.9. The third-order valence-corrected chi connectivity index (χ3v) is 6.76. The molecule has 0 radical (unpaired) electrons. The van der Waals surface area contributed by atoms with E-state index in [2.05, 4.69) is 12.2 Å². The average Bonchev–Trinajstić information content (AvgIpc) is 2.53. The second-order valence-electron chi connectivity index (χ2n) is 8.32. The van der Waals surface area contributed by atoms with Crippen molar-refractivity contribution in [2.45, 2.75) is 51.5 Å². The maximum atomic E-state index is 13.6. The quantitative estimate of drug-likeness (QED) is 0.899. The Hall–Kier alpha value is -1.58. The van der Waals surface area contributed by atoms with Crippen molar-refractivity contribution in [2.24, 2.45) is 23.2 Å². The molecule has 3 nitrogen and oxygen atoms in total. The minimum atomic E-state index is -0.414. The summed E-state index contributed by atoms with van der Waals surface area (Å²) in [6, 6.07) is 4.21. The first-order valence-corrected chi connectivity index (χ1v) is 9.13. The lowest BCUT2D eigenvalue weighted by Crippen LogP contribution is -2.55. The van der Waals surface area contributed by atoms with Crippen LogP contribution in [-0.4, -0.2) is 19.1 Å². The summed E-state index contributed by atoms with van der Waals surface area (Å²) in [7, 11) is 1.51. The molecule has 4 heteroatoms. The topological polar surface area (TPSA) is 38.3 Å². The molecule has 0 aliphatic heterocycles. The summed E-state index contributed by atoms with van der Waals surface area (Å²) in [5.41, 5.74) is 0.527. The molecule has 1 N–H and O–H groups in total. The van der Waals surface area contributed by atoms with Gasteiger partial charge in [0.1, 0.15) is 11.6 Å². The van der Waals surface area contributed by atoms with Gasteiger partial charge in [-0.15, -0.1) is 0 Å². The fraction of sp³-hybridized carbons (Fsp3) is 0.650. The van der Waals surface area contributed by atoms with Gasteiger partial charge in [-0.3, -0.25) is 4.79 Å². The van der Waals surface area contributed by atoms with E-state index >= 15 is 0 Å². The number of rotatable bonds is 4. The molecular formula is C20H26FNO2. The molecule has 24 heavy (non-hydrogen) atoms. The number of amides is 1. The van der Waals surface area contributed by atoms with Gasteiger partial charge in [0.2, 0.25) is 0 Å². The van der Waals surface area contributed by atoms with E-state index < -0.39 is 5.82 Å². The SMILES string of the molecule is COc1ccc(F)cc1C(=O)NC(C)C12CC3CC(CC(C3)C1)C2. The molecule has 1 amide bonds. The Morgan fingerprint density at radius 1 is 1.21 bits per heavy atom. The van der Waals surface area contributed by atoms with Crippen molar-refractivity contribution in [3.8, 4) is 5.75 Å². The van der Waals surface area contributed by atoms with Crippen molar-refractivity contribution in [1.82, 2.24) is 5.32 Å². The number of ether oxygens (including phenoxy) is 1. The van der Waals surface area contributed by atoms with Crippen LogP contribution in [0.1, 0.15) is 55.8 Å². The van der Waals surface area contributed by atoms with Gasteiger partial charge in [0.15, 0.2) is 0 Å². The molecule has 1 atom stereocenters. The molecule has 4 aliphatic carbocycles. The maximum absolute atomic E-state index is 13.6. The largest absolute Gasteiger partial charge is 0.496 e. The molecule has 0 aromatic heterocycles. The van der Waals surface area contributed by atoms with Gasteiger partial charge in [-0.25, -0.2) is 4.39 Å². The zero-order valence-corrected chi connectivity index (χ0v) is 14.5. The van der Waals surface area contributed by atoms with E-state index in [4.69, 9.17) is 4.74 Å². The summed E-state index contributed by atoms with van der Waals surface area (Å²) in [5.74, 6) is 2.32. The van der Waals surface area contributed by atoms with Crippen LogP contribution in [0.25, 0.3) is 0 Å². The van der Waals surface area contributed by atoms with Crippen LogP contribution in [0.2, 0.25) is 0 Å². The third-order valence-electron chi connectivity index (χ3n) is 6.76. The fourth-order valence-corrected chi connectivity index (χ4v) is 5.99. The first-order chi connectivity index (χ1) is 11.5. The standard InChI is InChI=1S/C20H26FNO2/c1-12(20-9-13-5-14(10-20)7-15(6-13)11-20)22-19(23)17-8-16(21)3-4-18(17)24-2/h3-4,8,12-15H,5-7,9-11H2,1-2H3,(H,22,23). The lowest BCUT2D eigenvalue weighted by atomic mass is 9.48.